The summed E-state index contributed by atoms with van der Waals surface area (Å²) in [5.41, 5.74) is 1.89. The molecule has 7 nitrogen and oxygen atoms in total. The van der Waals surface area contributed by atoms with Crippen molar-refractivity contribution in [1.29, 1.82) is 0 Å². The summed E-state index contributed by atoms with van der Waals surface area (Å²) in [5.74, 6) is 0.764. The Balaban J connectivity index is 1.72. The number of aliphatic hydroxyl groups is 1. The zero-order valence-electron chi connectivity index (χ0n) is 12.2. The third-order valence-corrected chi connectivity index (χ3v) is 3.71. The van der Waals surface area contributed by atoms with E-state index in [9.17, 15) is 0 Å². The van der Waals surface area contributed by atoms with Crippen LogP contribution in [-0.2, 0) is 7.05 Å². The van der Waals surface area contributed by atoms with Gasteiger partial charge in [0.2, 0.25) is 5.95 Å². The summed E-state index contributed by atoms with van der Waals surface area (Å²) in [6.45, 7) is 4.59. The summed E-state index contributed by atoms with van der Waals surface area (Å²) in [6, 6.07) is 1.91. The second-order valence-electron chi connectivity index (χ2n) is 5.20. The Morgan fingerprint density at radius 1 is 1.24 bits per heavy atom. The fourth-order valence-electron chi connectivity index (χ4n) is 2.53. The quantitative estimate of drug-likeness (QED) is 0.853. The average molecular weight is 288 g/mol. The molecule has 3 heterocycles. The predicted molar refractivity (Wildman–Crippen MR) is 80.0 cm³/mol. The monoisotopic (exact) mass is 288 g/mol. The van der Waals surface area contributed by atoms with E-state index in [1.54, 1.807) is 10.9 Å². The molecule has 7 heteroatoms. The molecule has 1 aliphatic rings. The second-order valence-corrected chi connectivity index (χ2v) is 5.20. The molecule has 0 saturated carbocycles. The van der Waals surface area contributed by atoms with Gasteiger partial charge in [0, 0.05) is 57.7 Å². The molecule has 0 amide bonds. The molecule has 0 aliphatic carbocycles. The van der Waals surface area contributed by atoms with Crippen molar-refractivity contribution in [3.05, 3.63) is 24.7 Å². The van der Waals surface area contributed by atoms with Gasteiger partial charge in [-0.3, -0.25) is 9.58 Å². The van der Waals surface area contributed by atoms with Crippen LogP contribution < -0.4 is 4.90 Å². The number of anilines is 1. The molecule has 1 N–H and O–H groups in total. The van der Waals surface area contributed by atoms with Gasteiger partial charge in [0.05, 0.1) is 18.5 Å². The summed E-state index contributed by atoms with van der Waals surface area (Å²) >= 11 is 0. The van der Waals surface area contributed by atoms with Crippen molar-refractivity contribution >= 4 is 5.95 Å². The normalized spacial score (nSPS) is 16.4. The van der Waals surface area contributed by atoms with Gasteiger partial charge in [-0.15, -0.1) is 0 Å². The topological polar surface area (TPSA) is 70.3 Å². The van der Waals surface area contributed by atoms with E-state index >= 15 is 0 Å². The summed E-state index contributed by atoms with van der Waals surface area (Å²) in [5, 5.41) is 13.2. The molecule has 1 saturated heterocycles. The number of hydrogen-bond acceptors (Lipinski definition) is 6. The number of piperazine rings is 1. The van der Waals surface area contributed by atoms with Gasteiger partial charge in [0.1, 0.15) is 0 Å². The van der Waals surface area contributed by atoms with Crippen molar-refractivity contribution in [3.63, 3.8) is 0 Å². The molecular weight excluding hydrogens is 268 g/mol. The van der Waals surface area contributed by atoms with E-state index in [4.69, 9.17) is 5.11 Å². The molecule has 2 aromatic heterocycles. The van der Waals surface area contributed by atoms with Gasteiger partial charge >= 0.3 is 0 Å². The van der Waals surface area contributed by atoms with Gasteiger partial charge in [-0.2, -0.15) is 5.10 Å². The molecule has 21 heavy (non-hydrogen) atoms. The second kappa shape index (κ2) is 6.19. The fraction of sp³-hybridized carbons (Fsp3) is 0.500. The van der Waals surface area contributed by atoms with E-state index in [0.29, 0.717) is 0 Å². The van der Waals surface area contributed by atoms with Crippen LogP contribution in [-0.4, -0.2) is 69.1 Å². The van der Waals surface area contributed by atoms with Crippen LogP contribution in [0.4, 0.5) is 5.95 Å². The molecule has 2 aromatic rings. The molecular formula is C14H20N6O. The lowest BCUT2D eigenvalue weighted by atomic mass is 10.2. The third-order valence-electron chi connectivity index (χ3n) is 3.71. The van der Waals surface area contributed by atoms with Crippen molar-refractivity contribution in [2.75, 3.05) is 44.2 Å². The number of β-amino-alcohol motifs (C(OH)–C–C–N with tert-alkyl or cyclic N) is 1. The Morgan fingerprint density at radius 2 is 2.05 bits per heavy atom. The zero-order chi connectivity index (χ0) is 14.7. The van der Waals surface area contributed by atoms with Crippen molar-refractivity contribution in [3.8, 4) is 11.3 Å². The van der Waals surface area contributed by atoms with Crippen LogP contribution in [0.1, 0.15) is 0 Å². The molecule has 0 unspecified atom stereocenters. The summed E-state index contributed by atoms with van der Waals surface area (Å²) in [6.07, 6.45) is 5.56. The molecule has 1 aliphatic heterocycles. The van der Waals surface area contributed by atoms with Crippen molar-refractivity contribution < 1.29 is 5.11 Å². The van der Waals surface area contributed by atoms with Crippen LogP contribution in [0, 0.1) is 0 Å². The highest BCUT2D eigenvalue weighted by molar-refractivity contribution is 5.58. The molecule has 0 aromatic carbocycles. The minimum Gasteiger partial charge on any atom is -0.395 e. The highest BCUT2D eigenvalue weighted by atomic mass is 16.3. The van der Waals surface area contributed by atoms with E-state index in [1.165, 1.54) is 0 Å². The largest absolute Gasteiger partial charge is 0.395 e. The molecule has 0 spiro atoms. The first-order chi connectivity index (χ1) is 10.3. The third kappa shape index (κ3) is 3.20. The molecule has 0 radical (unpaired) electrons. The lowest BCUT2D eigenvalue weighted by Crippen LogP contribution is -2.47. The van der Waals surface area contributed by atoms with Crippen LogP contribution in [0.5, 0.6) is 0 Å². The SMILES string of the molecule is Cn1cc(-c2ccnc(N3CCN(CCO)CC3)n2)cn1. The number of rotatable bonds is 4. The number of hydrogen-bond donors (Lipinski definition) is 1. The fourth-order valence-corrected chi connectivity index (χ4v) is 2.53. The Hall–Kier alpha value is -1.99. The first-order valence-electron chi connectivity index (χ1n) is 7.16. The minimum atomic E-state index is 0.215. The minimum absolute atomic E-state index is 0.215. The molecule has 0 atom stereocenters. The first-order valence-corrected chi connectivity index (χ1v) is 7.16. The van der Waals surface area contributed by atoms with Crippen molar-refractivity contribution in [1.82, 2.24) is 24.6 Å². The van der Waals surface area contributed by atoms with Crippen molar-refractivity contribution in [2.45, 2.75) is 0 Å². The molecule has 1 fully saturated rings. The van der Waals surface area contributed by atoms with E-state index in [-0.39, 0.29) is 6.61 Å². The smallest absolute Gasteiger partial charge is 0.225 e. The average Bonchev–Trinajstić information content (AvgIpc) is 2.95. The van der Waals surface area contributed by atoms with Gasteiger partial charge in [-0.25, -0.2) is 9.97 Å². The van der Waals surface area contributed by atoms with E-state index in [2.05, 4.69) is 24.9 Å². The maximum Gasteiger partial charge on any atom is 0.225 e. The van der Waals surface area contributed by atoms with E-state index in [1.807, 2.05) is 25.5 Å². The van der Waals surface area contributed by atoms with Crippen LogP contribution in [0.3, 0.4) is 0 Å². The van der Waals surface area contributed by atoms with Gasteiger partial charge < -0.3 is 10.0 Å². The molecule has 3 rings (SSSR count). The van der Waals surface area contributed by atoms with Crippen LogP contribution >= 0.6 is 0 Å². The Morgan fingerprint density at radius 3 is 2.71 bits per heavy atom. The number of aryl methyl sites for hydroxylation is 1. The number of nitrogens with zero attached hydrogens (tertiary/aromatic N) is 6. The standard InChI is InChI=1S/C14H20N6O/c1-18-11-12(10-16-18)13-2-3-15-14(17-13)20-6-4-19(5-7-20)8-9-21/h2-3,10-11,21H,4-9H2,1H3. The van der Waals surface area contributed by atoms with Gasteiger partial charge in [0.25, 0.3) is 0 Å². The Kier molecular flexibility index (Phi) is 4.12. The highest BCUT2D eigenvalue weighted by Gasteiger charge is 2.18. The summed E-state index contributed by atoms with van der Waals surface area (Å²) in [7, 11) is 1.89. The predicted octanol–water partition coefficient (Wildman–Crippen LogP) is -0.00860. The van der Waals surface area contributed by atoms with Gasteiger partial charge in [-0.05, 0) is 6.07 Å². The van der Waals surface area contributed by atoms with Crippen LogP contribution in [0.2, 0.25) is 0 Å². The van der Waals surface area contributed by atoms with E-state index < -0.39 is 0 Å². The first kappa shape index (κ1) is 14.0. The van der Waals surface area contributed by atoms with Crippen LogP contribution in [0.15, 0.2) is 24.7 Å². The van der Waals surface area contributed by atoms with Crippen LogP contribution in [0.25, 0.3) is 11.3 Å². The number of aliphatic hydroxyl groups excluding tert-OH is 1. The van der Waals surface area contributed by atoms with Gasteiger partial charge in [-0.1, -0.05) is 0 Å². The van der Waals surface area contributed by atoms with E-state index in [0.717, 1.165) is 49.9 Å². The maximum atomic E-state index is 8.98. The number of aromatic nitrogens is 4. The summed E-state index contributed by atoms with van der Waals surface area (Å²) < 4.78 is 1.77. The zero-order valence-corrected chi connectivity index (χ0v) is 12.2. The maximum absolute atomic E-state index is 8.98. The Labute approximate surface area is 123 Å². The lowest BCUT2D eigenvalue weighted by Gasteiger charge is -2.34. The molecule has 112 valence electrons. The van der Waals surface area contributed by atoms with Gasteiger partial charge in [0.15, 0.2) is 0 Å². The van der Waals surface area contributed by atoms with Crippen molar-refractivity contribution in [2.24, 2.45) is 7.05 Å². The highest BCUT2D eigenvalue weighted by Crippen LogP contribution is 2.18. The lowest BCUT2D eigenvalue weighted by molar-refractivity contribution is 0.188. The molecule has 0 bridgehead atoms. The Bertz CT molecular complexity index is 591. The summed E-state index contributed by atoms with van der Waals surface area (Å²) in [4.78, 5) is 13.5.